The maximum Gasteiger partial charge on any atom is 0.511 e. The Morgan fingerprint density at radius 2 is 1.79 bits per heavy atom. The number of piperidine rings is 1. The number of hydrogen-bond donors (Lipinski definition) is 2. The molecule has 13 heteroatoms. The molecule has 4 atom stereocenters. The summed E-state index contributed by atoms with van der Waals surface area (Å²) in [7, 11) is -5.68. The van der Waals surface area contributed by atoms with E-state index < -0.39 is 63.8 Å². The van der Waals surface area contributed by atoms with Crippen molar-refractivity contribution in [2.45, 2.75) is 56.6 Å². The predicted molar refractivity (Wildman–Crippen MR) is 137 cm³/mol. The van der Waals surface area contributed by atoms with Crippen LogP contribution in [0.5, 0.6) is 0 Å². The molecule has 2 aromatic carbocycles. The molecule has 0 aromatic heterocycles. The molecule has 0 bridgehead atoms. The number of amides is 1. The first-order chi connectivity index (χ1) is 17.6. The lowest BCUT2D eigenvalue weighted by atomic mass is 9.67. The van der Waals surface area contributed by atoms with Crippen LogP contribution in [-0.2, 0) is 19.6 Å². The summed E-state index contributed by atoms with van der Waals surface area (Å²) in [6, 6.07) is 11.6. The maximum atomic E-state index is 14.0. The van der Waals surface area contributed by atoms with E-state index in [-0.39, 0.29) is 12.8 Å². The van der Waals surface area contributed by atoms with Crippen molar-refractivity contribution in [2.75, 3.05) is 6.54 Å². The van der Waals surface area contributed by atoms with Gasteiger partial charge in [0.2, 0.25) is 5.91 Å². The van der Waals surface area contributed by atoms with E-state index in [2.05, 4.69) is 0 Å². The summed E-state index contributed by atoms with van der Waals surface area (Å²) < 4.78 is 64.3. The van der Waals surface area contributed by atoms with Crippen molar-refractivity contribution in [3.63, 3.8) is 0 Å². The molecule has 4 unspecified atom stereocenters. The number of nitrogens with zero attached hydrogens (tertiary/aromatic N) is 1. The highest BCUT2D eigenvalue weighted by molar-refractivity contribution is 7.90. The zero-order valence-corrected chi connectivity index (χ0v) is 22.8. The van der Waals surface area contributed by atoms with Crippen LogP contribution >= 0.6 is 23.2 Å². The van der Waals surface area contributed by atoms with Gasteiger partial charge in [-0.2, -0.15) is 13.2 Å². The summed E-state index contributed by atoms with van der Waals surface area (Å²) in [6.07, 6.45) is -0.341. The summed E-state index contributed by atoms with van der Waals surface area (Å²) in [4.78, 5) is 27.1. The van der Waals surface area contributed by atoms with Gasteiger partial charge in [0.05, 0.1) is 17.9 Å². The number of hydrogen-bond acceptors (Lipinski definition) is 4. The molecule has 1 aliphatic heterocycles. The maximum absolute atomic E-state index is 14.0. The van der Waals surface area contributed by atoms with Crippen molar-refractivity contribution in [1.82, 2.24) is 9.62 Å². The van der Waals surface area contributed by atoms with Crippen molar-refractivity contribution < 1.29 is 36.3 Å². The smallest absolute Gasteiger partial charge is 0.481 e. The SMILES string of the molecule is CCC(CNS(=O)(=O)C(F)(F)F)N1C(=O)C(C)(CC(=O)O)CC(c2cccc(Cl)c2)C1c1ccc(Cl)cc1. The van der Waals surface area contributed by atoms with Crippen LogP contribution < -0.4 is 4.72 Å². The Kier molecular flexibility index (Phi) is 9.07. The van der Waals surface area contributed by atoms with Crippen LogP contribution in [0.15, 0.2) is 48.5 Å². The van der Waals surface area contributed by atoms with E-state index in [4.69, 9.17) is 23.2 Å². The molecular weight excluding hydrogens is 568 g/mol. The van der Waals surface area contributed by atoms with Gasteiger partial charge < -0.3 is 10.0 Å². The summed E-state index contributed by atoms with van der Waals surface area (Å²) in [5, 5.41) is 10.4. The zero-order valence-electron chi connectivity index (χ0n) is 20.5. The molecule has 1 saturated heterocycles. The average molecular weight is 595 g/mol. The first kappa shape index (κ1) is 30.2. The fourth-order valence-electron chi connectivity index (χ4n) is 5.01. The van der Waals surface area contributed by atoms with Crippen molar-refractivity contribution >= 4 is 45.1 Å². The van der Waals surface area contributed by atoms with Crippen LogP contribution in [0.1, 0.15) is 56.2 Å². The zero-order chi connectivity index (χ0) is 28.5. The Hall–Kier alpha value is -2.34. The third-order valence-corrected chi connectivity index (χ3v) is 8.45. The second-order valence-corrected chi connectivity index (χ2v) is 12.2. The minimum Gasteiger partial charge on any atom is -0.481 e. The minimum absolute atomic E-state index is 0.0849. The lowest BCUT2D eigenvalue weighted by Gasteiger charge is -2.52. The summed E-state index contributed by atoms with van der Waals surface area (Å²) in [5.41, 5.74) is -5.68. The Morgan fingerprint density at radius 3 is 2.32 bits per heavy atom. The van der Waals surface area contributed by atoms with Gasteiger partial charge in [0.15, 0.2) is 0 Å². The Balaban J connectivity index is 2.20. The van der Waals surface area contributed by atoms with Gasteiger partial charge in [-0.25, -0.2) is 13.1 Å². The number of carboxylic acids is 1. The molecule has 7 nitrogen and oxygen atoms in total. The predicted octanol–water partition coefficient (Wildman–Crippen LogP) is 5.75. The molecule has 208 valence electrons. The van der Waals surface area contributed by atoms with E-state index in [1.54, 1.807) is 60.2 Å². The second-order valence-electron chi connectivity index (χ2n) is 9.57. The number of sulfonamides is 1. The first-order valence-corrected chi connectivity index (χ1v) is 13.9. The Bertz CT molecular complexity index is 1290. The van der Waals surface area contributed by atoms with Gasteiger partial charge in [-0.3, -0.25) is 9.59 Å². The fourth-order valence-corrected chi connectivity index (χ4v) is 5.91. The molecular formula is C25H27Cl2F3N2O5S. The van der Waals surface area contributed by atoms with E-state index in [0.717, 1.165) is 0 Å². The number of carbonyl (C=O) groups is 2. The summed E-state index contributed by atoms with van der Waals surface area (Å²) in [5.74, 6) is -2.34. The lowest BCUT2D eigenvalue weighted by Crippen LogP contribution is -2.58. The van der Waals surface area contributed by atoms with Gasteiger partial charge in [-0.05, 0) is 48.2 Å². The van der Waals surface area contributed by atoms with Gasteiger partial charge >= 0.3 is 21.5 Å². The number of likely N-dealkylation sites (tertiary alicyclic amines) is 1. The molecule has 0 aliphatic carbocycles. The van der Waals surface area contributed by atoms with Gasteiger partial charge in [-0.15, -0.1) is 0 Å². The quantitative estimate of drug-likeness (QED) is 0.385. The van der Waals surface area contributed by atoms with Crippen LogP contribution in [0.25, 0.3) is 0 Å². The number of benzene rings is 2. The molecule has 1 heterocycles. The summed E-state index contributed by atoms with van der Waals surface area (Å²) in [6.45, 7) is 2.38. The van der Waals surface area contributed by atoms with Crippen molar-refractivity contribution in [1.29, 1.82) is 0 Å². The normalized spacial score (nSPS) is 23.3. The molecule has 2 N–H and O–H groups in total. The monoisotopic (exact) mass is 594 g/mol. The van der Waals surface area contributed by atoms with Crippen LogP contribution in [0, 0.1) is 5.41 Å². The highest BCUT2D eigenvalue weighted by atomic mass is 35.5. The highest BCUT2D eigenvalue weighted by Crippen LogP contribution is 2.52. The van der Waals surface area contributed by atoms with Gasteiger partial charge in [-0.1, -0.05) is 61.3 Å². The van der Waals surface area contributed by atoms with Crippen LogP contribution in [0.3, 0.4) is 0 Å². The number of carbonyl (C=O) groups excluding carboxylic acids is 1. The third-order valence-electron chi connectivity index (χ3n) is 6.81. The standard InChI is InChI=1S/C25H27Cl2F3N2O5S/c1-3-19(14-31-38(36,37)25(28,29)30)32-22(15-7-9-17(26)10-8-15)20(16-5-4-6-18(27)11-16)12-24(2,23(32)35)13-21(33)34/h4-11,19-20,22,31H,3,12-14H2,1-2H3,(H,33,34). The topological polar surface area (TPSA) is 104 Å². The lowest BCUT2D eigenvalue weighted by molar-refractivity contribution is -0.160. The number of aliphatic carboxylic acids is 1. The van der Waals surface area contributed by atoms with E-state index >= 15 is 0 Å². The largest absolute Gasteiger partial charge is 0.511 e. The third kappa shape index (κ3) is 6.44. The molecule has 2 aromatic rings. The van der Waals surface area contributed by atoms with E-state index in [0.29, 0.717) is 21.2 Å². The minimum atomic E-state index is -5.68. The van der Waals surface area contributed by atoms with Crippen LogP contribution in [0.2, 0.25) is 10.0 Å². The molecule has 38 heavy (non-hydrogen) atoms. The van der Waals surface area contributed by atoms with Gasteiger partial charge in [0.25, 0.3) is 0 Å². The number of alkyl halides is 3. The first-order valence-electron chi connectivity index (χ1n) is 11.7. The fraction of sp³-hybridized carbons (Fsp3) is 0.440. The highest BCUT2D eigenvalue weighted by Gasteiger charge is 2.53. The molecule has 0 spiro atoms. The summed E-state index contributed by atoms with van der Waals surface area (Å²) >= 11 is 12.3. The van der Waals surface area contributed by atoms with Crippen LogP contribution in [0.4, 0.5) is 13.2 Å². The van der Waals surface area contributed by atoms with Crippen LogP contribution in [-0.4, -0.2) is 48.4 Å². The number of carboxylic acid groups (broad SMARTS) is 1. The molecule has 3 rings (SSSR count). The molecule has 0 radical (unpaired) electrons. The number of nitrogens with one attached hydrogen (secondary N) is 1. The van der Waals surface area contributed by atoms with Crippen molar-refractivity contribution in [2.24, 2.45) is 5.41 Å². The Morgan fingerprint density at radius 1 is 1.16 bits per heavy atom. The Labute approximate surface area is 229 Å². The number of rotatable bonds is 9. The number of halogens is 5. The average Bonchev–Trinajstić information content (AvgIpc) is 2.81. The van der Waals surface area contributed by atoms with Crippen molar-refractivity contribution in [3.8, 4) is 0 Å². The van der Waals surface area contributed by atoms with Gasteiger partial charge in [0, 0.05) is 28.5 Å². The van der Waals surface area contributed by atoms with Crippen molar-refractivity contribution in [3.05, 3.63) is 69.7 Å². The van der Waals surface area contributed by atoms with E-state index in [9.17, 15) is 36.3 Å². The molecule has 1 aliphatic rings. The molecule has 1 amide bonds. The second kappa shape index (κ2) is 11.4. The van der Waals surface area contributed by atoms with E-state index in [1.807, 2.05) is 0 Å². The molecule has 1 fully saturated rings. The van der Waals surface area contributed by atoms with E-state index in [1.165, 1.54) is 11.8 Å². The molecule has 0 saturated carbocycles. The van der Waals surface area contributed by atoms with Gasteiger partial charge in [0.1, 0.15) is 0 Å².